The van der Waals surface area contributed by atoms with Crippen molar-refractivity contribution in [1.29, 1.82) is 0 Å². The van der Waals surface area contributed by atoms with E-state index in [4.69, 9.17) is 0 Å². The summed E-state index contributed by atoms with van der Waals surface area (Å²) in [5, 5.41) is 6.04. The molecule has 1 saturated heterocycles. The number of carbonyl (C=O) groups excluding carboxylic acids is 1. The van der Waals surface area contributed by atoms with E-state index in [-0.39, 0.29) is 5.91 Å². The molecule has 4 heteroatoms. The third kappa shape index (κ3) is 4.39. The average molecular weight is 197 g/mol. The van der Waals surface area contributed by atoms with Crippen molar-refractivity contribution in [3.05, 3.63) is 12.2 Å². The lowest BCUT2D eigenvalue weighted by molar-refractivity contribution is -0.116. The number of nitrogens with zero attached hydrogens (tertiary/aromatic N) is 1. The van der Waals surface area contributed by atoms with E-state index in [1.165, 1.54) is 0 Å². The van der Waals surface area contributed by atoms with E-state index < -0.39 is 0 Å². The molecule has 1 amide bonds. The highest BCUT2D eigenvalue weighted by atomic mass is 16.1. The molecule has 0 spiro atoms. The fourth-order valence-electron chi connectivity index (χ4n) is 1.17. The van der Waals surface area contributed by atoms with Crippen LogP contribution in [0.3, 0.4) is 0 Å². The second-order valence-corrected chi connectivity index (χ2v) is 3.93. The fourth-order valence-corrected chi connectivity index (χ4v) is 1.17. The van der Waals surface area contributed by atoms with Gasteiger partial charge in [0.1, 0.15) is 0 Å². The van der Waals surface area contributed by atoms with Crippen molar-refractivity contribution in [3.63, 3.8) is 0 Å². The summed E-state index contributed by atoms with van der Waals surface area (Å²) in [7, 11) is 3.95. The van der Waals surface area contributed by atoms with Crippen molar-refractivity contribution in [2.24, 2.45) is 5.92 Å². The van der Waals surface area contributed by atoms with E-state index >= 15 is 0 Å². The summed E-state index contributed by atoms with van der Waals surface area (Å²) >= 11 is 0. The van der Waals surface area contributed by atoms with Crippen molar-refractivity contribution >= 4 is 5.91 Å². The second-order valence-electron chi connectivity index (χ2n) is 3.93. The first kappa shape index (κ1) is 11.2. The molecule has 0 aromatic carbocycles. The zero-order chi connectivity index (χ0) is 10.4. The van der Waals surface area contributed by atoms with Gasteiger partial charge in [-0.25, -0.2) is 0 Å². The molecule has 2 N–H and O–H groups in total. The molecule has 0 radical (unpaired) electrons. The summed E-state index contributed by atoms with van der Waals surface area (Å²) in [6, 6.07) is 0. The van der Waals surface area contributed by atoms with Gasteiger partial charge in [0.25, 0.3) is 0 Å². The number of hydrogen-bond acceptors (Lipinski definition) is 3. The number of likely N-dealkylation sites (N-methyl/N-ethyl adjacent to an activating group) is 1. The van der Waals surface area contributed by atoms with Crippen molar-refractivity contribution in [2.75, 3.05) is 40.3 Å². The fraction of sp³-hybridized carbons (Fsp3) is 0.700. The van der Waals surface area contributed by atoms with Crippen LogP contribution in [0.25, 0.3) is 0 Å². The molecule has 0 atom stereocenters. The minimum atomic E-state index is 0.0127. The van der Waals surface area contributed by atoms with Crippen LogP contribution < -0.4 is 10.6 Å². The first-order chi connectivity index (χ1) is 6.68. The quantitative estimate of drug-likeness (QED) is 0.581. The van der Waals surface area contributed by atoms with Gasteiger partial charge in [-0.3, -0.25) is 4.79 Å². The van der Waals surface area contributed by atoms with E-state index in [1.54, 1.807) is 6.08 Å². The van der Waals surface area contributed by atoms with Gasteiger partial charge >= 0.3 is 0 Å². The highest BCUT2D eigenvalue weighted by Gasteiger charge is 2.16. The van der Waals surface area contributed by atoms with Crippen molar-refractivity contribution < 1.29 is 4.79 Å². The Bertz CT molecular complexity index is 209. The average Bonchev–Trinajstić information content (AvgIpc) is 2.00. The lowest BCUT2D eigenvalue weighted by atomic mass is 10.0. The Labute approximate surface area is 85.3 Å². The smallest absolute Gasteiger partial charge is 0.243 e. The molecule has 1 fully saturated rings. The van der Waals surface area contributed by atoms with Crippen molar-refractivity contribution in [1.82, 2.24) is 15.5 Å². The van der Waals surface area contributed by atoms with Crippen LogP contribution in [0.15, 0.2) is 12.2 Å². The van der Waals surface area contributed by atoms with E-state index in [2.05, 4.69) is 10.6 Å². The van der Waals surface area contributed by atoms with Crippen LogP contribution in [0.2, 0.25) is 0 Å². The third-order valence-corrected chi connectivity index (χ3v) is 2.17. The molecule has 80 valence electrons. The molecule has 0 aromatic rings. The molecule has 1 aliphatic rings. The summed E-state index contributed by atoms with van der Waals surface area (Å²) in [4.78, 5) is 13.2. The monoisotopic (exact) mass is 197 g/mol. The molecule has 0 bridgehead atoms. The van der Waals surface area contributed by atoms with Gasteiger partial charge in [-0.05, 0) is 14.1 Å². The Hall–Kier alpha value is -0.870. The molecule has 0 unspecified atom stereocenters. The number of rotatable bonds is 5. The summed E-state index contributed by atoms with van der Waals surface area (Å²) in [6.07, 6.45) is 3.47. The van der Waals surface area contributed by atoms with Gasteiger partial charge in [0.2, 0.25) is 5.91 Å². The minimum absolute atomic E-state index is 0.0127. The molecule has 1 aliphatic heterocycles. The molecule has 1 heterocycles. The van der Waals surface area contributed by atoms with Gasteiger partial charge in [-0.2, -0.15) is 0 Å². The highest BCUT2D eigenvalue weighted by molar-refractivity contribution is 5.87. The predicted octanol–water partition coefficient (Wildman–Crippen LogP) is -0.560. The molecule has 0 saturated carbocycles. The van der Waals surface area contributed by atoms with Crippen LogP contribution in [0.5, 0.6) is 0 Å². The maximum atomic E-state index is 11.2. The Balaban J connectivity index is 2.05. The van der Waals surface area contributed by atoms with Crippen LogP contribution in [0, 0.1) is 5.92 Å². The zero-order valence-electron chi connectivity index (χ0n) is 8.92. The first-order valence-corrected chi connectivity index (χ1v) is 4.98. The van der Waals surface area contributed by atoms with Gasteiger partial charge < -0.3 is 15.5 Å². The first-order valence-electron chi connectivity index (χ1n) is 4.98. The van der Waals surface area contributed by atoms with Gasteiger partial charge in [0.15, 0.2) is 0 Å². The summed E-state index contributed by atoms with van der Waals surface area (Å²) in [5.74, 6) is 0.639. The van der Waals surface area contributed by atoms with Crippen LogP contribution in [0.1, 0.15) is 0 Å². The summed E-state index contributed by atoms with van der Waals surface area (Å²) < 4.78 is 0. The predicted molar refractivity (Wildman–Crippen MR) is 57.1 cm³/mol. The SMILES string of the molecule is CN(C)C/C=C/C(=O)NCC1CNC1. The zero-order valence-corrected chi connectivity index (χ0v) is 8.92. The molecule has 1 rings (SSSR count). The van der Waals surface area contributed by atoms with Crippen LogP contribution >= 0.6 is 0 Å². The van der Waals surface area contributed by atoms with Crippen molar-refractivity contribution in [2.45, 2.75) is 0 Å². The third-order valence-electron chi connectivity index (χ3n) is 2.17. The Morgan fingerprint density at radius 1 is 1.57 bits per heavy atom. The van der Waals surface area contributed by atoms with Crippen LogP contribution in [0.4, 0.5) is 0 Å². The maximum Gasteiger partial charge on any atom is 0.243 e. The standard InChI is InChI=1S/C10H19N3O/c1-13(2)5-3-4-10(14)12-8-9-6-11-7-9/h3-4,9,11H,5-8H2,1-2H3,(H,12,14)/b4-3+. The molecule has 14 heavy (non-hydrogen) atoms. The lowest BCUT2D eigenvalue weighted by Gasteiger charge is -2.26. The minimum Gasteiger partial charge on any atom is -0.352 e. The summed E-state index contributed by atoms with van der Waals surface area (Å²) in [5.41, 5.74) is 0. The topological polar surface area (TPSA) is 44.4 Å². The lowest BCUT2D eigenvalue weighted by Crippen LogP contribution is -2.47. The Kier molecular flexibility index (Phi) is 4.62. The number of amides is 1. The van der Waals surface area contributed by atoms with E-state index in [0.717, 1.165) is 26.2 Å². The molecular formula is C10H19N3O. The van der Waals surface area contributed by atoms with Gasteiger partial charge in [0, 0.05) is 38.2 Å². The molecule has 0 aliphatic carbocycles. The maximum absolute atomic E-state index is 11.2. The van der Waals surface area contributed by atoms with Crippen LogP contribution in [-0.4, -0.2) is 51.1 Å². The Morgan fingerprint density at radius 2 is 2.29 bits per heavy atom. The number of carbonyl (C=O) groups is 1. The highest BCUT2D eigenvalue weighted by Crippen LogP contribution is 1.99. The number of nitrogens with one attached hydrogen (secondary N) is 2. The molecule has 4 nitrogen and oxygen atoms in total. The Morgan fingerprint density at radius 3 is 2.79 bits per heavy atom. The van der Waals surface area contributed by atoms with Crippen molar-refractivity contribution in [3.8, 4) is 0 Å². The van der Waals surface area contributed by atoms with E-state index in [1.807, 2.05) is 25.1 Å². The summed E-state index contributed by atoms with van der Waals surface area (Å²) in [6.45, 7) is 3.65. The van der Waals surface area contributed by atoms with Gasteiger partial charge in [-0.15, -0.1) is 0 Å². The number of hydrogen-bond donors (Lipinski definition) is 2. The van der Waals surface area contributed by atoms with Gasteiger partial charge in [-0.1, -0.05) is 6.08 Å². The van der Waals surface area contributed by atoms with E-state index in [0.29, 0.717) is 5.92 Å². The second kappa shape index (κ2) is 5.78. The van der Waals surface area contributed by atoms with Crippen LogP contribution in [-0.2, 0) is 4.79 Å². The van der Waals surface area contributed by atoms with E-state index in [9.17, 15) is 4.79 Å². The van der Waals surface area contributed by atoms with Gasteiger partial charge in [0.05, 0.1) is 0 Å². The molecular weight excluding hydrogens is 178 g/mol. The largest absolute Gasteiger partial charge is 0.352 e. The molecule has 0 aromatic heterocycles. The normalized spacial score (nSPS) is 17.4.